The molecule has 170 valence electrons. The molecule has 1 aliphatic carbocycles. The lowest BCUT2D eigenvalue weighted by Crippen LogP contribution is -2.41. The Balaban J connectivity index is 1.64. The first-order valence-corrected chi connectivity index (χ1v) is 11.6. The van der Waals surface area contributed by atoms with Gasteiger partial charge in [-0.3, -0.25) is 14.8 Å². The van der Waals surface area contributed by atoms with Gasteiger partial charge in [-0.05, 0) is 79.1 Å². The highest BCUT2D eigenvalue weighted by molar-refractivity contribution is 6.06. The summed E-state index contributed by atoms with van der Waals surface area (Å²) in [5.41, 5.74) is 1.85. The molecule has 3 heterocycles. The van der Waals surface area contributed by atoms with E-state index in [0.29, 0.717) is 18.0 Å². The van der Waals surface area contributed by atoms with Crippen LogP contribution in [0.4, 0.5) is 5.69 Å². The van der Waals surface area contributed by atoms with Crippen LogP contribution in [0.15, 0.2) is 67.3 Å². The Morgan fingerprint density at radius 1 is 0.909 bits per heavy atom. The standard InChI is InChI=1S/C27H29N3O3/c1-19-18-30(22-11-15-29-16-12-22)26(31)27(19,20-9-13-28-14-10-20)21-7-8-24(32-2)25(17-21)33-23-5-3-4-6-23/h7-17,19,23H,3-6,18H2,1-2H3. The summed E-state index contributed by atoms with van der Waals surface area (Å²) in [5.74, 6) is 1.47. The first kappa shape index (κ1) is 21.4. The van der Waals surface area contributed by atoms with Gasteiger partial charge in [0.2, 0.25) is 5.91 Å². The van der Waals surface area contributed by atoms with Crippen molar-refractivity contribution in [1.29, 1.82) is 0 Å². The van der Waals surface area contributed by atoms with Crippen LogP contribution >= 0.6 is 0 Å². The Morgan fingerprint density at radius 3 is 2.24 bits per heavy atom. The molecule has 0 radical (unpaired) electrons. The summed E-state index contributed by atoms with van der Waals surface area (Å²) in [4.78, 5) is 24.5. The van der Waals surface area contributed by atoms with Crippen LogP contribution in [-0.2, 0) is 10.2 Å². The molecule has 2 fully saturated rings. The van der Waals surface area contributed by atoms with E-state index in [1.165, 1.54) is 12.8 Å². The van der Waals surface area contributed by atoms with E-state index in [9.17, 15) is 4.79 Å². The Bertz CT molecular complexity index is 1120. The fourth-order valence-corrected chi connectivity index (χ4v) is 5.46. The second-order valence-electron chi connectivity index (χ2n) is 8.96. The predicted molar refractivity (Wildman–Crippen MR) is 127 cm³/mol. The van der Waals surface area contributed by atoms with E-state index in [4.69, 9.17) is 9.47 Å². The first-order chi connectivity index (χ1) is 16.1. The highest BCUT2D eigenvalue weighted by Crippen LogP contribution is 2.48. The predicted octanol–water partition coefficient (Wildman–Crippen LogP) is 4.78. The number of aromatic nitrogens is 2. The normalized spacial score (nSPS) is 23.2. The number of ether oxygens (including phenoxy) is 2. The van der Waals surface area contributed by atoms with Crippen molar-refractivity contribution in [2.45, 2.75) is 44.1 Å². The molecule has 6 nitrogen and oxygen atoms in total. The van der Waals surface area contributed by atoms with Gasteiger partial charge in [-0.15, -0.1) is 0 Å². The van der Waals surface area contributed by atoms with Crippen LogP contribution in [0, 0.1) is 5.92 Å². The Hall–Kier alpha value is -3.41. The van der Waals surface area contributed by atoms with Crippen molar-refractivity contribution < 1.29 is 14.3 Å². The topological polar surface area (TPSA) is 64.5 Å². The molecule has 5 rings (SSSR count). The first-order valence-electron chi connectivity index (χ1n) is 11.6. The number of benzene rings is 1. The lowest BCUT2D eigenvalue weighted by atomic mass is 9.68. The van der Waals surface area contributed by atoms with Gasteiger partial charge in [0.05, 0.1) is 13.2 Å². The minimum atomic E-state index is -0.855. The Kier molecular flexibility index (Phi) is 5.75. The molecule has 2 aliphatic rings. The van der Waals surface area contributed by atoms with Crippen molar-refractivity contribution in [3.63, 3.8) is 0 Å². The minimum absolute atomic E-state index is 0.0216. The molecule has 1 aromatic carbocycles. The summed E-state index contributed by atoms with van der Waals surface area (Å²) in [7, 11) is 1.66. The number of hydrogen-bond donors (Lipinski definition) is 0. The maximum absolute atomic E-state index is 14.3. The number of hydrogen-bond acceptors (Lipinski definition) is 5. The molecule has 2 unspecified atom stereocenters. The van der Waals surface area contributed by atoms with E-state index < -0.39 is 5.41 Å². The third kappa shape index (κ3) is 3.63. The van der Waals surface area contributed by atoms with E-state index in [2.05, 4.69) is 16.9 Å². The van der Waals surface area contributed by atoms with E-state index in [1.807, 2.05) is 47.4 Å². The quantitative estimate of drug-likeness (QED) is 0.549. The third-order valence-electron chi connectivity index (χ3n) is 7.10. The zero-order chi connectivity index (χ0) is 22.8. The summed E-state index contributed by atoms with van der Waals surface area (Å²) in [6.45, 7) is 2.75. The van der Waals surface area contributed by atoms with Crippen LogP contribution < -0.4 is 14.4 Å². The number of methoxy groups -OCH3 is 1. The molecule has 0 spiro atoms. The molecule has 1 saturated carbocycles. The summed E-state index contributed by atoms with van der Waals surface area (Å²) in [6.07, 6.45) is 11.6. The molecule has 0 bridgehead atoms. The van der Waals surface area contributed by atoms with Crippen molar-refractivity contribution in [2.24, 2.45) is 5.92 Å². The van der Waals surface area contributed by atoms with E-state index in [1.54, 1.807) is 31.9 Å². The number of pyridine rings is 2. The van der Waals surface area contributed by atoms with Crippen LogP contribution in [-0.4, -0.2) is 35.6 Å². The van der Waals surface area contributed by atoms with Gasteiger partial charge < -0.3 is 14.4 Å². The Morgan fingerprint density at radius 2 is 1.58 bits per heavy atom. The maximum Gasteiger partial charge on any atom is 0.242 e. The van der Waals surface area contributed by atoms with Gasteiger partial charge in [0.15, 0.2) is 11.5 Å². The molecule has 6 heteroatoms. The van der Waals surface area contributed by atoms with E-state index in [-0.39, 0.29) is 17.9 Å². The zero-order valence-corrected chi connectivity index (χ0v) is 19.1. The summed E-state index contributed by atoms with van der Waals surface area (Å²) >= 11 is 0. The number of carbonyl (C=O) groups excluding carboxylic acids is 1. The van der Waals surface area contributed by atoms with E-state index in [0.717, 1.165) is 29.7 Å². The van der Waals surface area contributed by atoms with Crippen LogP contribution in [0.5, 0.6) is 11.5 Å². The highest BCUT2D eigenvalue weighted by atomic mass is 16.5. The van der Waals surface area contributed by atoms with Gasteiger partial charge in [-0.1, -0.05) is 13.0 Å². The average Bonchev–Trinajstić information content (AvgIpc) is 3.46. The summed E-state index contributed by atoms with van der Waals surface area (Å²) in [6, 6.07) is 13.6. The minimum Gasteiger partial charge on any atom is -0.493 e. The number of anilines is 1. The largest absolute Gasteiger partial charge is 0.493 e. The molecule has 1 saturated heterocycles. The second kappa shape index (κ2) is 8.85. The second-order valence-corrected chi connectivity index (χ2v) is 8.96. The lowest BCUT2D eigenvalue weighted by molar-refractivity contribution is -0.121. The van der Waals surface area contributed by atoms with Crippen molar-refractivity contribution in [1.82, 2.24) is 9.97 Å². The van der Waals surface area contributed by atoms with Crippen LogP contribution in [0.1, 0.15) is 43.7 Å². The molecule has 33 heavy (non-hydrogen) atoms. The van der Waals surface area contributed by atoms with E-state index >= 15 is 0 Å². The molecular formula is C27H29N3O3. The number of rotatable bonds is 6. The van der Waals surface area contributed by atoms with Crippen LogP contribution in [0.3, 0.4) is 0 Å². The monoisotopic (exact) mass is 443 g/mol. The van der Waals surface area contributed by atoms with Gasteiger partial charge in [-0.2, -0.15) is 0 Å². The van der Waals surface area contributed by atoms with Gasteiger partial charge in [0.25, 0.3) is 0 Å². The third-order valence-corrected chi connectivity index (χ3v) is 7.10. The van der Waals surface area contributed by atoms with Gasteiger partial charge in [0, 0.05) is 37.0 Å². The molecule has 0 N–H and O–H groups in total. The van der Waals surface area contributed by atoms with Crippen molar-refractivity contribution >= 4 is 11.6 Å². The van der Waals surface area contributed by atoms with Crippen molar-refractivity contribution in [2.75, 3.05) is 18.6 Å². The zero-order valence-electron chi connectivity index (χ0n) is 19.1. The van der Waals surface area contributed by atoms with Crippen LogP contribution in [0.2, 0.25) is 0 Å². The van der Waals surface area contributed by atoms with Crippen LogP contribution in [0.25, 0.3) is 0 Å². The number of carbonyl (C=O) groups is 1. The van der Waals surface area contributed by atoms with Gasteiger partial charge in [-0.25, -0.2) is 0 Å². The number of nitrogens with zero attached hydrogens (tertiary/aromatic N) is 3. The van der Waals surface area contributed by atoms with Gasteiger partial charge in [0.1, 0.15) is 5.41 Å². The number of amides is 1. The van der Waals surface area contributed by atoms with Gasteiger partial charge >= 0.3 is 0 Å². The SMILES string of the molecule is COc1ccc(C2(c3ccncc3)C(=O)N(c3ccncc3)CC2C)cc1OC1CCCC1. The maximum atomic E-state index is 14.3. The molecular weight excluding hydrogens is 414 g/mol. The molecule has 2 aromatic heterocycles. The summed E-state index contributed by atoms with van der Waals surface area (Å²) in [5, 5.41) is 0. The molecule has 3 aromatic rings. The lowest BCUT2D eigenvalue weighted by Gasteiger charge is -2.33. The molecule has 1 aliphatic heterocycles. The summed E-state index contributed by atoms with van der Waals surface area (Å²) < 4.78 is 12.0. The molecule has 2 atom stereocenters. The fraction of sp³-hybridized carbons (Fsp3) is 0.370. The van der Waals surface area contributed by atoms with Crippen molar-refractivity contribution in [3.05, 3.63) is 78.4 Å². The highest BCUT2D eigenvalue weighted by Gasteiger charge is 2.55. The average molecular weight is 444 g/mol. The fourth-order valence-electron chi connectivity index (χ4n) is 5.46. The van der Waals surface area contributed by atoms with Crippen molar-refractivity contribution in [3.8, 4) is 11.5 Å². The smallest absolute Gasteiger partial charge is 0.242 e. The molecule has 1 amide bonds. The Labute approximate surface area is 194 Å².